The van der Waals surface area contributed by atoms with Crippen molar-refractivity contribution in [1.82, 2.24) is 4.57 Å². The van der Waals surface area contributed by atoms with Crippen LogP contribution < -0.4 is 4.90 Å². The van der Waals surface area contributed by atoms with Gasteiger partial charge in [0, 0.05) is 33.2 Å². The molecule has 0 unspecified atom stereocenters. The number of para-hydroxylation sites is 1. The average Bonchev–Trinajstić information content (AvgIpc) is 3.62. The first-order chi connectivity index (χ1) is 29.3. The van der Waals surface area contributed by atoms with Gasteiger partial charge in [0.2, 0.25) is 17.2 Å². The lowest BCUT2D eigenvalue weighted by Gasteiger charge is -2.27. The fraction of sp³-hybridized carbons (Fsp3) is 0. The molecule has 8 heteroatoms. The lowest BCUT2D eigenvalue weighted by atomic mass is 9.95. The molecule has 0 amide bonds. The van der Waals surface area contributed by atoms with E-state index in [-0.39, 0.29) is 11.3 Å². The number of aromatic nitrogens is 1. The third kappa shape index (κ3) is 5.85. The van der Waals surface area contributed by atoms with E-state index in [1.54, 1.807) is 24.3 Å². The molecule has 0 aliphatic rings. The van der Waals surface area contributed by atoms with E-state index < -0.39 is 28.7 Å². The van der Waals surface area contributed by atoms with Gasteiger partial charge in [0.25, 0.3) is 0 Å². The van der Waals surface area contributed by atoms with Crippen LogP contribution >= 0.6 is 0 Å². The second-order valence-electron chi connectivity index (χ2n) is 14.7. The zero-order valence-electron chi connectivity index (χ0n) is 31.9. The molecule has 9 aromatic carbocycles. The number of rotatable bonds is 7. The summed E-state index contributed by atoms with van der Waals surface area (Å²) in [6.07, 6.45) is 0. The molecule has 0 bridgehead atoms. The van der Waals surface area contributed by atoms with Gasteiger partial charge in [0.05, 0.1) is 22.3 Å². The number of hydrogen-bond acceptors (Lipinski definition) is 7. The van der Waals surface area contributed by atoms with E-state index >= 15 is 0 Å². The minimum absolute atomic E-state index is 0.193. The monoisotopic (exact) mass is 784 g/mol. The Hall–Kier alpha value is -8.36. The predicted molar refractivity (Wildman–Crippen MR) is 239 cm³/mol. The van der Waals surface area contributed by atoms with Crippen molar-refractivity contribution in [2.45, 2.75) is 0 Å². The third-order valence-corrected chi connectivity index (χ3v) is 11.2. The van der Waals surface area contributed by atoms with E-state index in [4.69, 9.17) is 0 Å². The second-order valence-corrected chi connectivity index (χ2v) is 14.7. The molecule has 6 N–H and O–H groups in total. The fourth-order valence-electron chi connectivity index (χ4n) is 8.35. The topological polar surface area (TPSA) is 130 Å². The molecular formula is C52H36N2O6. The number of phenolic OH excluding ortho intramolecular Hbond substituents is 6. The molecule has 0 atom stereocenters. The second kappa shape index (κ2) is 14.2. The van der Waals surface area contributed by atoms with Gasteiger partial charge in [0.1, 0.15) is 5.75 Å². The van der Waals surface area contributed by atoms with E-state index in [2.05, 4.69) is 100 Å². The number of hydrogen-bond donors (Lipinski definition) is 6. The van der Waals surface area contributed by atoms with Crippen molar-refractivity contribution in [1.29, 1.82) is 0 Å². The number of phenols is 6. The summed E-state index contributed by atoms with van der Waals surface area (Å²) in [6.45, 7) is 0. The van der Waals surface area contributed by atoms with E-state index in [9.17, 15) is 30.6 Å². The first-order valence-corrected chi connectivity index (χ1v) is 19.4. The Labute approximate surface area is 344 Å². The van der Waals surface area contributed by atoms with Crippen LogP contribution in [0.25, 0.3) is 71.6 Å². The van der Waals surface area contributed by atoms with E-state index in [0.717, 1.165) is 77.6 Å². The summed E-state index contributed by atoms with van der Waals surface area (Å²) in [6, 6.07) is 60.1. The molecule has 0 aliphatic carbocycles. The summed E-state index contributed by atoms with van der Waals surface area (Å²) in [5, 5.41) is 66.9. The van der Waals surface area contributed by atoms with Gasteiger partial charge < -0.3 is 40.1 Å². The van der Waals surface area contributed by atoms with Gasteiger partial charge in [0.15, 0.2) is 11.5 Å². The molecule has 0 saturated heterocycles. The lowest BCUT2D eigenvalue weighted by Crippen LogP contribution is -2.10. The average molecular weight is 785 g/mol. The number of anilines is 3. The summed E-state index contributed by atoms with van der Waals surface area (Å²) < 4.78 is 2.12. The van der Waals surface area contributed by atoms with Crippen LogP contribution in [0.15, 0.2) is 182 Å². The quantitative estimate of drug-likeness (QED) is 0.0701. The maximum Gasteiger partial charge on any atom is 0.208 e. The van der Waals surface area contributed by atoms with Crippen molar-refractivity contribution < 1.29 is 30.6 Å². The van der Waals surface area contributed by atoms with Gasteiger partial charge in [-0.2, -0.15) is 0 Å². The molecule has 1 heterocycles. The summed E-state index contributed by atoms with van der Waals surface area (Å²) >= 11 is 0. The Morgan fingerprint density at radius 2 is 0.850 bits per heavy atom. The molecule has 0 spiro atoms. The fourth-order valence-corrected chi connectivity index (χ4v) is 8.35. The highest BCUT2D eigenvalue weighted by atomic mass is 16.4. The largest absolute Gasteiger partial charge is 0.508 e. The minimum atomic E-state index is -1.01. The van der Waals surface area contributed by atoms with Gasteiger partial charge in [-0.05, 0) is 99.9 Å². The maximum atomic E-state index is 10.9. The van der Waals surface area contributed by atoms with Gasteiger partial charge in [-0.15, -0.1) is 0 Å². The molecule has 8 nitrogen and oxygen atoms in total. The van der Waals surface area contributed by atoms with Crippen molar-refractivity contribution in [2.75, 3.05) is 4.90 Å². The van der Waals surface area contributed by atoms with Crippen molar-refractivity contribution in [3.63, 3.8) is 0 Å². The van der Waals surface area contributed by atoms with E-state index in [1.165, 1.54) is 0 Å². The van der Waals surface area contributed by atoms with E-state index in [0.29, 0.717) is 5.56 Å². The molecule has 0 aliphatic heterocycles. The molecule has 10 aromatic rings. The minimum Gasteiger partial charge on any atom is -0.508 e. The highest BCUT2D eigenvalue weighted by molar-refractivity contribution is 6.13. The highest BCUT2D eigenvalue weighted by Gasteiger charge is 2.26. The number of aromatic hydroxyl groups is 6. The highest BCUT2D eigenvalue weighted by Crippen LogP contribution is 2.55. The zero-order valence-corrected chi connectivity index (χ0v) is 31.9. The number of fused-ring (bicyclic) bond motifs is 4. The Bertz CT molecular complexity index is 3220. The van der Waals surface area contributed by atoms with Crippen LogP contribution in [0.2, 0.25) is 0 Å². The zero-order chi connectivity index (χ0) is 41.1. The molecule has 290 valence electrons. The van der Waals surface area contributed by atoms with Gasteiger partial charge >= 0.3 is 0 Å². The maximum absolute atomic E-state index is 10.9. The van der Waals surface area contributed by atoms with Crippen LogP contribution in [-0.2, 0) is 0 Å². The van der Waals surface area contributed by atoms with Crippen molar-refractivity contribution >= 4 is 49.6 Å². The van der Waals surface area contributed by atoms with Crippen LogP contribution in [0.3, 0.4) is 0 Å². The van der Waals surface area contributed by atoms with Crippen LogP contribution in [0, 0.1) is 0 Å². The third-order valence-electron chi connectivity index (χ3n) is 11.2. The summed E-state index contributed by atoms with van der Waals surface area (Å²) in [5.74, 6) is -4.20. The number of nitrogens with zero attached hydrogens (tertiary/aromatic N) is 2. The molecular weight excluding hydrogens is 749 g/mol. The van der Waals surface area contributed by atoms with E-state index in [1.807, 2.05) is 66.7 Å². The Morgan fingerprint density at radius 3 is 1.50 bits per heavy atom. The molecule has 0 fully saturated rings. The molecule has 0 radical (unpaired) electrons. The van der Waals surface area contributed by atoms with Crippen LogP contribution in [-0.4, -0.2) is 35.2 Å². The molecule has 60 heavy (non-hydrogen) atoms. The Morgan fingerprint density at radius 1 is 0.350 bits per heavy atom. The van der Waals surface area contributed by atoms with Gasteiger partial charge in [-0.25, -0.2) is 0 Å². The first-order valence-electron chi connectivity index (χ1n) is 19.4. The summed E-state index contributed by atoms with van der Waals surface area (Å²) in [5.41, 5.74) is 9.60. The lowest BCUT2D eigenvalue weighted by molar-refractivity contribution is 0.330. The van der Waals surface area contributed by atoms with Crippen LogP contribution in [0.4, 0.5) is 17.1 Å². The normalized spacial score (nSPS) is 11.4. The van der Waals surface area contributed by atoms with Crippen LogP contribution in [0.5, 0.6) is 34.5 Å². The summed E-state index contributed by atoms with van der Waals surface area (Å²) in [7, 11) is 0. The number of benzene rings is 9. The predicted octanol–water partition coefficient (Wildman–Crippen LogP) is 12.6. The molecule has 10 rings (SSSR count). The van der Waals surface area contributed by atoms with Gasteiger partial charge in [-0.1, -0.05) is 115 Å². The molecule has 0 saturated carbocycles. The standard InChI is InChI=1S/C52H36N2O6/c55-38-23-21-36(22-24-38)53(35-11-5-2-6-12-35)44-28-27-39(40-13-7-8-14-41(40)44)33-17-25-42-43-26-18-34(47-48(56)50(58)52(60)51(59)49(47)57)30-46(43)54(45(42)29-33)37-19-15-32(16-20-37)31-9-3-1-4-10-31/h1-30,55-60H. The molecule has 1 aromatic heterocycles. The SMILES string of the molecule is Oc1ccc(N(c2ccccc2)c2ccc(-c3ccc4c5ccc(-c6c(O)c(O)c(O)c(O)c6O)cc5n(-c5ccc(-c6ccccc6)cc5)c4c3)c3ccccc23)cc1. The Kier molecular flexibility index (Phi) is 8.54. The summed E-state index contributed by atoms with van der Waals surface area (Å²) in [4.78, 5) is 2.19. The first kappa shape index (κ1) is 36.0. The Balaban J connectivity index is 1.19. The van der Waals surface area contributed by atoms with Crippen molar-refractivity contribution in [3.05, 3.63) is 182 Å². The van der Waals surface area contributed by atoms with Crippen molar-refractivity contribution in [3.8, 4) is 73.6 Å². The van der Waals surface area contributed by atoms with Crippen molar-refractivity contribution in [2.24, 2.45) is 0 Å². The van der Waals surface area contributed by atoms with Crippen LogP contribution in [0.1, 0.15) is 0 Å². The van der Waals surface area contributed by atoms with Gasteiger partial charge in [-0.3, -0.25) is 0 Å². The smallest absolute Gasteiger partial charge is 0.208 e.